The lowest BCUT2D eigenvalue weighted by atomic mass is 9.33. The molecule has 0 bridgehead atoms. The lowest BCUT2D eigenvalue weighted by molar-refractivity contribution is 1.18. The van der Waals surface area contributed by atoms with Crippen LogP contribution in [0.1, 0.15) is 0 Å². The SMILES string of the molecule is CN1c2ccccc2B2c3cc(-c4ccc5cc6c7c(c5c4)N(c4ccccc4)c4c(cc(-c5ccc8cc9c%10c(c8c5)N(c5ccccc5)c5ccccc5B%10c5ccc8ccccc8c5N9c5ccccc5)c5ccccc45)B7c4ccccc4N6c4ccccc4)ccc3N(C)c3cccc1c32. The maximum Gasteiger partial charge on any atom is 0.252 e. The van der Waals surface area contributed by atoms with E-state index in [1.54, 1.807) is 0 Å². The number of anilines is 16. The van der Waals surface area contributed by atoms with Crippen LogP contribution in [0.15, 0.2) is 346 Å². The van der Waals surface area contributed by atoms with Crippen molar-refractivity contribution >= 4 is 203 Å². The number of nitrogens with zero attached hydrogens (tertiary/aromatic N) is 6. The highest BCUT2D eigenvalue weighted by Crippen LogP contribution is 2.54. The Labute approximate surface area is 611 Å². The van der Waals surface area contributed by atoms with Crippen LogP contribution in [0.2, 0.25) is 0 Å². The molecule has 0 spiro atoms. The van der Waals surface area contributed by atoms with E-state index in [2.05, 4.69) is 389 Å². The summed E-state index contributed by atoms with van der Waals surface area (Å²) in [4.78, 5) is 15.1. The summed E-state index contributed by atoms with van der Waals surface area (Å²) in [6.45, 7) is -0.159. The number of hydrogen-bond donors (Lipinski definition) is 0. The van der Waals surface area contributed by atoms with Crippen LogP contribution in [0.3, 0.4) is 0 Å². The summed E-state index contributed by atoms with van der Waals surface area (Å²) >= 11 is 0. The van der Waals surface area contributed by atoms with E-state index in [-0.39, 0.29) is 20.1 Å². The molecule has 6 heterocycles. The quantitative estimate of drug-likeness (QED) is 0.153. The molecule has 0 fully saturated rings. The van der Waals surface area contributed by atoms with Crippen molar-refractivity contribution < 1.29 is 0 Å². The van der Waals surface area contributed by atoms with Crippen LogP contribution in [0.25, 0.3) is 65.3 Å². The minimum Gasteiger partial charge on any atom is -0.345 e. The lowest BCUT2D eigenvalue weighted by Gasteiger charge is -2.45. The zero-order valence-corrected chi connectivity index (χ0v) is 57.8. The van der Waals surface area contributed by atoms with Gasteiger partial charge in [-0.3, -0.25) is 0 Å². The second-order valence-corrected chi connectivity index (χ2v) is 29.1. The van der Waals surface area contributed by atoms with Crippen LogP contribution < -0.4 is 78.6 Å². The zero-order valence-electron chi connectivity index (χ0n) is 57.8. The third-order valence-corrected chi connectivity index (χ3v) is 23.9. The summed E-state index contributed by atoms with van der Waals surface area (Å²) in [6, 6.07) is 131. The lowest BCUT2D eigenvalue weighted by Crippen LogP contribution is -2.61. The largest absolute Gasteiger partial charge is 0.345 e. The van der Waals surface area contributed by atoms with Gasteiger partial charge in [-0.15, -0.1) is 0 Å². The van der Waals surface area contributed by atoms with Crippen molar-refractivity contribution in [2.24, 2.45) is 0 Å². The van der Waals surface area contributed by atoms with E-state index in [1.165, 1.54) is 183 Å². The monoisotopic (exact) mass is 1330 g/mol. The second-order valence-electron chi connectivity index (χ2n) is 29.1. The summed E-state index contributed by atoms with van der Waals surface area (Å²) in [5.41, 5.74) is 35.5. The first kappa shape index (κ1) is 58.4. The van der Waals surface area contributed by atoms with E-state index in [4.69, 9.17) is 0 Å². The van der Waals surface area contributed by atoms with E-state index in [9.17, 15) is 0 Å². The Bertz CT molecular complexity index is 6570. The minimum atomic E-state index is -0.171. The number of benzene rings is 17. The maximum absolute atomic E-state index is 2.65. The molecule has 9 heteroatoms. The first-order valence-corrected chi connectivity index (χ1v) is 36.7. The van der Waals surface area contributed by atoms with Gasteiger partial charge in [0.25, 0.3) is 20.1 Å². The minimum absolute atomic E-state index is 0.0606. The molecular formula is C96H63B3N6. The van der Waals surface area contributed by atoms with E-state index < -0.39 is 0 Å². The maximum atomic E-state index is 2.65. The molecule has 0 amide bonds. The van der Waals surface area contributed by atoms with Crippen molar-refractivity contribution in [2.75, 3.05) is 43.5 Å². The van der Waals surface area contributed by atoms with Crippen molar-refractivity contribution in [2.45, 2.75) is 0 Å². The van der Waals surface area contributed by atoms with Crippen LogP contribution in [-0.2, 0) is 0 Å². The fourth-order valence-electron chi connectivity index (χ4n) is 19.5. The summed E-state index contributed by atoms with van der Waals surface area (Å²) in [7, 11) is 4.46. The van der Waals surface area contributed by atoms with Gasteiger partial charge in [0.05, 0.1) is 11.4 Å². The predicted octanol–water partition coefficient (Wildman–Crippen LogP) is 18.5. The van der Waals surface area contributed by atoms with Gasteiger partial charge in [-0.05, 0) is 202 Å². The van der Waals surface area contributed by atoms with Crippen molar-refractivity contribution in [3.05, 3.63) is 346 Å². The molecule has 23 rings (SSSR count). The average molecular weight is 1330 g/mol. The Hall–Kier alpha value is -13.2. The molecule has 0 saturated heterocycles. The number of para-hydroxylation sites is 7. The normalized spacial score (nSPS) is 13.8. The van der Waals surface area contributed by atoms with Crippen LogP contribution >= 0.6 is 0 Å². The Morgan fingerprint density at radius 1 is 0.200 bits per heavy atom. The molecule has 105 heavy (non-hydrogen) atoms. The van der Waals surface area contributed by atoms with Crippen LogP contribution in [0, 0.1) is 0 Å². The van der Waals surface area contributed by atoms with E-state index in [0.29, 0.717) is 0 Å². The third-order valence-electron chi connectivity index (χ3n) is 23.9. The van der Waals surface area contributed by atoms with Crippen molar-refractivity contribution in [3.63, 3.8) is 0 Å². The van der Waals surface area contributed by atoms with Gasteiger partial charge in [0.15, 0.2) is 0 Å². The highest BCUT2D eigenvalue weighted by molar-refractivity contribution is 7.02. The molecule has 0 N–H and O–H groups in total. The van der Waals surface area contributed by atoms with Gasteiger partial charge in [0, 0.05) is 115 Å². The van der Waals surface area contributed by atoms with Crippen molar-refractivity contribution in [1.29, 1.82) is 0 Å². The fourth-order valence-corrected chi connectivity index (χ4v) is 19.5. The van der Waals surface area contributed by atoms with Gasteiger partial charge >= 0.3 is 0 Å². The Morgan fingerprint density at radius 2 is 0.610 bits per heavy atom. The van der Waals surface area contributed by atoms with Crippen LogP contribution in [0.5, 0.6) is 0 Å². The molecule has 0 aliphatic carbocycles. The first-order valence-electron chi connectivity index (χ1n) is 36.7. The standard InChI is InChI=1S/C96H63B3N6/c1-100-82-41-22-19-38-76(82)98-80-56-62(51-53-83(80)101(2)87-45-25-44-86(100)90(87)98)61-46-47-64-57-88-91-96(74(64)54-61)105(69-33-13-6-14-34-69)94-72-37-18-17-36-71(72)73(59-81(94)99(91)77-39-20-23-42-84(77)102(88)66-27-7-3-8-28-66)63-48-49-65-58-89-92-95(75(65)55-63)103(67-29-9-4-10-30-67)85-43-24-21-40-78(85)97(92)79-52-50-60-26-15-16-35-70(60)93(79)104(89)68-31-11-5-12-32-68/h3-59H,1-2H3. The Kier molecular flexibility index (Phi) is 12.3. The number of rotatable bonds is 6. The highest BCUT2D eigenvalue weighted by atomic mass is 15.2. The van der Waals surface area contributed by atoms with Gasteiger partial charge in [0.1, 0.15) is 0 Å². The number of hydrogen-bond acceptors (Lipinski definition) is 6. The van der Waals surface area contributed by atoms with Crippen LogP contribution in [-0.4, -0.2) is 34.2 Å². The van der Waals surface area contributed by atoms with Gasteiger partial charge < -0.3 is 29.4 Å². The Balaban J connectivity index is 0.781. The van der Waals surface area contributed by atoms with Gasteiger partial charge in [0.2, 0.25) is 0 Å². The van der Waals surface area contributed by atoms with Crippen LogP contribution in [0.4, 0.5) is 91.0 Å². The topological polar surface area (TPSA) is 19.4 Å². The second kappa shape index (κ2) is 22.1. The first-order chi connectivity index (χ1) is 52.0. The van der Waals surface area contributed by atoms with Gasteiger partial charge in [-0.25, -0.2) is 0 Å². The molecule has 0 aromatic heterocycles. The van der Waals surface area contributed by atoms with Gasteiger partial charge in [-0.1, -0.05) is 237 Å². The van der Waals surface area contributed by atoms with E-state index in [0.717, 1.165) is 22.7 Å². The molecule has 0 unspecified atom stereocenters. The van der Waals surface area contributed by atoms with E-state index in [1.807, 2.05) is 0 Å². The van der Waals surface area contributed by atoms with Crippen molar-refractivity contribution in [3.8, 4) is 22.3 Å². The number of fused-ring (bicyclic) bond motifs is 20. The molecule has 0 saturated carbocycles. The highest BCUT2D eigenvalue weighted by Gasteiger charge is 2.48. The predicted molar refractivity (Wildman–Crippen MR) is 449 cm³/mol. The molecule has 17 aromatic carbocycles. The molecule has 0 radical (unpaired) electrons. The average Bonchev–Trinajstić information content (AvgIpc) is 0.692. The molecule has 6 aliphatic rings. The molecular weight excluding hydrogens is 1270 g/mol. The van der Waals surface area contributed by atoms with E-state index >= 15 is 0 Å². The fraction of sp³-hybridized carbons (Fsp3) is 0.0208. The molecule has 486 valence electrons. The Morgan fingerprint density at radius 3 is 1.25 bits per heavy atom. The molecule has 17 aromatic rings. The smallest absolute Gasteiger partial charge is 0.252 e. The molecule has 6 nitrogen and oxygen atoms in total. The summed E-state index contributed by atoms with van der Waals surface area (Å²) in [5, 5.41) is 9.62. The van der Waals surface area contributed by atoms with Crippen molar-refractivity contribution in [1.82, 2.24) is 0 Å². The summed E-state index contributed by atoms with van der Waals surface area (Å²) < 4.78 is 0. The molecule has 0 atom stereocenters. The molecule has 6 aliphatic heterocycles. The summed E-state index contributed by atoms with van der Waals surface area (Å²) in [5.74, 6) is 0. The zero-order chi connectivity index (χ0) is 68.9. The van der Waals surface area contributed by atoms with Gasteiger partial charge in [-0.2, -0.15) is 0 Å². The summed E-state index contributed by atoms with van der Waals surface area (Å²) in [6.07, 6.45) is 0. The third kappa shape index (κ3) is 8.18.